The van der Waals surface area contributed by atoms with Crippen molar-refractivity contribution in [3.63, 3.8) is 0 Å². The minimum absolute atomic E-state index is 0.0472. The summed E-state index contributed by atoms with van der Waals surface area (Å²) in [6.45, 7) is 2.18. The van der Waals surface area contributed by atoms with Crippen molar-refractivity contribution in [3.05, 3.63) is 42.1 Å². The molecule has 0 bridgehead atoms. The van der Waals surface area contributed by atoms with E-state index in [1.807, 2.05) is 24.3 Å². The second-order valence-corrected chi connectivity index (χ2v) is 6.83. The van der Waals surface area contributed by atoms with Crippen molar-refractivity contribution >= 4 is 28.7 Å². The van der Waals surface area contributed by atoms with Crippen LogP contribution in [0.3, 0.4) is 0 Å². The second kappa shape index (κ2) is 8.16. The molecule has 27 heavy (non-hydrogen) atoms. The van der Waals surface area contributed by atoms with Crippen LogP contribution >= 0.6 is 0 Å². The number of aromatic nitrogens is 1. The Hall–Kier alpha value is -2.96. The van der Waals surface area contributed by atoms with Gasteiger partial charge in [0.1, 0.15) is 6.54 Å². The van der Waals surface area contributed by atoms with E-state index in [0.29, 0.717) is 31.5 Å². The molecule has 0 saturated carbocycles. The van der Waals surface area contributed by atoms with Crippen molar-refractivity contribution in [2.24, 2.45) is 0 Å². The highest BCUT2D eigenvalue weighted by molar-refractivity contribution is 5.98. The van der Waals surface area contributed by atoms with E-state index in [1.54, 1.807) is 17.2 Å². The molecule has 2 aromatic rings. The van der Waals surface area contributed by atoms with Gasteiger partial charge in [-0.05, 0) is 43.5 Å². The minimum Gasteiger partial charge on any atom is -0.480 e. The van der Waals surface area contributed by atoms with Crippen LogP contribution in [0, 0.1) is 0 Å². The number of hydrogen-bond donors (Lipinski definition) is 1. The normalized spacial score (nSPS) is 17.4. The van der Waals surface area contributed by atoms with E-state index in [1.165, 1.54) is 11.8 Å². The predicted octanol–water partition coefficient (Wildman–Crippen LogP) is 2.16. The molecule has 0 radical (unpaired) electrons. The number of carboxylic acid groups (broad SMARTS) is 1. The molecule has 1 fully saturated rings. The summed E-state index contributed by atoms with van der Waals surface area (Å²) in [7, 11) is 0. The molecule has 1 aromatic carbocycles. The number of carbonyl (C=O) groups excluding carboxylic acids is 2. The van der Waals surface area contributed by atoms with Crippen molar-refractivity contribution in [3.8, 4) is 0 Å². The van der Waals surface area contributed by atoms with Crippen molar-refractivity contribution in [2.75, 3.05) is 19.6 Å². The molecule has 0 spiro atoms. The van der Waals surface area contributed by atoms with E-state index < -0.39 is 5.97 Å². The molecule has 1 aromatic heterocycles. The Morgan fingerprint density at radius 3 is 2.78 bits per heavy atom. The number of hydrogen-bond acceptors (Lipinski definition) is 4. The number of amides is 2. The Morgan fingerprint density at radius 1 is 1.22 bits per heavy atom. The first-order valence-electron chi connectivity index (χ1n) is 9.09. The molecule has 0 aliphatic carbocycles. The Kier molecular flexibility index (Phi) is 5.69. The Morgan fingerprint density at radius 2 is 2.04 bits per heavy atom. The fourth-order valence-corrected chi connectivity index (χ4v) is 3.63. The SMILES string of the molecule is CC(=O)N(CC(=O)O)[C@H]1CCCN(C(=O)c2ccc3ncccc3c2)CC1. The second-order valence-electron chi connectivity index (χ2n) is 6.83. The summed E-state index contributed by atoms with van der Waals surface area (Å²) in [4.78, 5) is 43.2. The summed E-state index contributed by atoms with van der Waals surface area (Å²) >= 11 is 0. The highest BCUT2D eigenvalue weighted by Crippen LogP contribution is 2.20. The lowest BCUT2D eigenvalue weighted by Crippen LogP contribution is -2.43. The number of likely N-dealkylation sites (tertiary alicyclic amines) is 1. The largest absolute Gasteiger partial charge is 0.480 e. The first-order valence-corrected chi connectivity index (χ1v) is 9.09. The quantitative estimate of drug-likeness (QED) is 0.892. The standard InChI is InChI=1S/C20H23N3O4/c1-14(24)23(13-19(25)26)17-5-3-10-22(11-8-17)20(27)16-6-7-18-15(12-16)4-2-9-21-18/h2,4,6-7,9,12,17H,3,5,8,10-11,13H2,1H3,(H,25,26)/t17-/m0/s1. The van der Waals surface area contributed by atoms with Gasteiger partial charge in [0.2, 0.25) is 5.91 Å². The zero-order valence-corrected chi connectivity index (χ0v) is 15.3. The van der Waals surface area contributed by atoms with Crippen molar-refractivity contribution in [2.45, 2.75) is 32.2 Å². The number of rotatable bonds is 4. The molecule has 1 atom stereocenters. The molecule has 2 amide bonds. The summed E-state index contributed by atoms with van der Waals surface area (Å²) in [6.07, 6.45) is 3.72. The third kappa shape index (κ3) is 4.42. The molecule has 142 valence electrons. The zero-order valence-electron chi connectivity index (χ0n) is 15.3. The van der Waals surface area contributed by atoms with Gasteiger partial charge >= 0.3 is 5.97 Å². The van der Waals surface area contributed by atoms with Crippen LogP contribution in [-0.4, -0.2) is 63.4 Å². The van der Waals surface area contributed by atoms with Crippen LogP contribution < -0.4 is 0 Å². The Bertz CT molecular complexity index is 867. The van der Waals surface area contributed by atoms with Gasteiger partial charge in [-0.25, -0.2) is 0 Å². The number of fused-ring (bicyclic) bond motifs is 1. The van der Waals surface area contributed by atoms with Crippen LogP contribution in [0.1, 0.15) is 36.5 Å². The van der Waals surface area contributed by atoms with E-state index in [-0.39, 0.29) is 24.4 Å². The van der Waals surface area contributed by atoms with Gasteiger partial charge in [0, 0.05) is 43.2 Å². The van der Waals surface area contributed by atoms with Gasteiger partial charge in [-0.1, -0.05) is 6.07 Å². The third-order valence-electron chi connectivity index (χ3n) is 4.99. The van der Waals surface area contributed by atoms with Crippen LogP contribution in [0.2, 0.25) is 0 Å². The fourth-order valence-electron chi connectivity index (χ4n) is 3.63. The van der Waals surface area contributed by atoms with Crippen molar-refractivity contribution < 1.29 is 19.5 Å². The Labute approximate surface area is 157 Å². The molecular weight excluding hydrogens is 346 g/mol. The fraction of sp³-hybridized carbons (Fsp3) is 0.400. The molecule has 1 aliphatic heterocycles. The first kappa shape index (κ1) is 18.8. The summed E-state index contributed by atoms with van der Waals surface area (Å²) < 4.78 is 0. The number of benzene rings is 1. The van der Waals surface area contributed by atoms with E-state index >= 15 is 0 Å². The van der Waals surface area contributed by atoms with E-state index in [2.05, 4.69) is 4.98 Å². The van der Waals surface area contributed by atoms with Crippen LogP contribution in [0.25, 0.3) is 10.9 Å². The van der Waals surface area contributed by atoms with E-state index in [0.717, 1.165) is 17.3 Å². The molecule has 1 aliphatic rings. The molecule has 2 heterocycles. The van der Waals surface area contributed by atoms with Crippen molar-refractivity contribution in [1.29, 1.82) is 0 Å². The molecule has 7 nitrogen and oxygen atoms in total. The zero-order chi connectivity index (χ0) is 19.4. The van der Waals surface area contributed by atoms with Gasteiger partial charge in [0.25, 0.3) is 5.91 Å². The maximum Gasteiger partial charge on any atom is 0.323 e. The number of pyridine rings is 1. The monoisotopic (exact) mass is 369 g/mol. The number of carbonyl (C=O) groups is 3. The number of aliphatic carboxylic acids is 1. The molecule has 1 saturated heterocycles. The van der Waals surface area contributed by atoms with Gasteiger partial charge in [-0.15, -0.1) is 0 Å². The van der Waals surface area contributed by atoms with Crippen molar-refractivity contribution in [1.82, 2.24) is 14.8 Å². The number of carboxylic acids is 1. The van der Waals surface area contributed by atoms with Gasteiger partial charge < -0.3 is 14.9 Å². The molecule has 3 rings (SSSR count). The highest BCUT2D eigenvalue weighted by Gasteiger charge is 2.28. The van der Waals surface area contributed by atoms with Crippen LogP contribution in [-0.2, 0) is 9.59 Å². The average molecular weight is 369 g/mol. The van der Waals surface area contributed by atoms with Gasteiger partial charge in [0.15, 0.2) is 0 Å². The maximum absolute atomic E-state index is 12.9. The molecule has 0 unspecified atom stereocenters. The topological polar surface area (TPSA) is 90.8 Å². The first-order chi connectivity index (χ1) is 13.0. The van der Waals surface area contributed by atoms with Crippen LogP contribution in [0.15, 0.2) is 36.5 Å². The Balaban J connectivity index is 1.71. The number of nitrogens with zero attached hydrogens (tertiary/aromatic N) is 3. The molecular formula is C20H23N3O4. The summed E-state index contributed by atoms with van der Waals surface area (Å²) in [6, 6.07) is 9.08. The maximum atomic E-state index is 12.9. The van der Waals surface area contributed by atoms with E-state index in [9.17, 15) is 14.4 Å². The smallest absolute Gasteiger partial charge is 0.323 e. The third-order valence-corrected chi connectivity index (χ3v) is 4.99. The van der Waals surface area contributed by atoms with Crippen LogP contribution in [0.5, 0.6) is 0 Å². The predicted molar refractivity (Wildman–Crippen MR) is 100 cm³/mol. The molecule has 7 heteroatoms. The average Bonchev–Trinajstić information content (AvgIpc) is 2.91. The van der Waals surface area contributed by atoms with Crippen LogP contribution in [0.4, 0.5) is 0 Å². The summed E-state index contributed by atoms with van der Waals surface area (Å²) in [5.74, 6) is -1.31. The lowest BCUT2D eigenvalue weighted by Gasteiger charge is -2.28. The summed E-state index contributed by atoms with van der Waals surface area (Å²) in [5, 5.41) is 9.96. The van der Waals surface area contributed by atoms with E-state index in [4.69, 9.17) is 5.11 Å². The van der Waals surface area contributed by atoms with Gasteiger partial charge in [-0.2, -0.15) is 0 Å². The van der Waals surface area contributed by atoms with Gasteiger partial charge in [-0.3, -0.25) is 19.4 Å². The summed E-state index contributed by atoms with van der Waals surface area (Å²) in [5.41, 5.74) is 1.46. The highest BCUT2D eigenvalue weighted by atomic mass is 16.4. The minimum atomic E-state index is -1.02. The lowest BCUT2D eigenvalue weighted by molar-refractivity contribution is -0.145. The lowest BCUT2D eigenvalue weighted by atomic mass is 10.1. The van der Waals surface area contributed by atoms with Gasteiger partial charge in [0.05, 0.1) is 5.52 Å². The molecule has 1 N–H and O–H groups in total.